The summed E-state index contributed by atoms with van der Waals surface area (Å²) >= 11 is 0. The lowest BCUT2D eigenvalue weighted by Gasteiger charge is -2.16. The number of non-ortho nitro benzene ring substituents is 1. The lowest BCUT2D eigenvalue weighted by atomic mass is 10.1. The third-order valence-corrected chi connectivity index (χ3v) is 7.28. The van der Waals surface area contributed by atoms with Crippen molar-refractivity contribution in [2.75, 3.05) is 30.3 Å². The number of imidazole rings is 1. The number of benzene rings is 1. The average molecular weight is 599 g/mol. The predicted molar refractivity (Wildman–Crippen MR) is 153 cm³/mol. The molecule has 0 aliphatic carbocycles. The molecule has 4 atom stereocenters. The summed E-state index contributed by atoms with van der Waals surface area (Å²) in [5.41, 5.74) is 1.91. The number of carbonyl (C=O) groups is 1. The molecule has 230 valence electrons. The van der Waals surface area contributed by atoms with E-state index < -0.39 is 35.4 Å². The van der Waals surface area contributed by atoms with Crippen LogP contribution in [-0.4, -0.2) is 88.8 Å². The Kier molecular flexibility index (Phi) is 9.53. The summed E-state index contributed by atoms with van der Waals surface area (Å²) in [5, 5.41) is 48.6. The number of nitro groups is 1. The fourth-order valence-corrected chi connectivity index (χ4v) is 5.08. The van der Waals surface area contributed by atoms with E-state index in [1.165, 1.54) is 23.3 Å². The summed E-state index contributed by atoms with van der Waals surface area (Å²) in [4.78, 5) is 35.8. The molecule has 1 fully saturated rings. The minimum Gasteiger partial charge on any atom is -0.387 e. The van der Waals surface area contributed by atoms with Crippen molar-refractivity contribution in [3.8, 4) is 0 Å². The SMILES string of the molecule is CCNC(=O)[C@H]1OC(n2cnc3c(NCCCCCCCCNc4ccc([N+](=O)[O-])c5nonc45)ncnc32)[C@H](O)[C@@H]1O. The molecule has 1 aliphatic rings. The Balaban J connectivity index is 1.02. The van der Waals surface area contributed by atoms with Crippen LogP contribution in [0.1, 0.15) is 51.7 Å². The van der Waals surface area contributed by atoms with Crippen molar-refractivity contribution in [2.24, 2.45) is 0 Å². The van der Waals surface area contributed by atoms with Crippen molar-refractivity contribution >= 4 is 45.3 Å². The van der Waals surface area contributed by atoms with E-state index in [0.29, 0.717) is 47.8 Å². The Morgan fingerprint density at radius 3 is 2.44 bits per heavy atom. The number of hydrogen-bond donors (Lipinski definition) is 5. The van der Waals surface area contributed by atoms with E-state index in [2.05, 4.69) is 45.8 Å². The molecule has 43 heavy (non-hydrogen) atoms. The van der Waals surface area contributed by atoms with Gasteiger partial charge in [-0.2, -0.15) is 0 Å². The first-order valence-corrected chi connectivity index (χ1v) is 14.2. The molecule has 1 saturated heterocycles. The molecule has 17 nitrogen and oxygen atoms in total. The van der Waals surface area contributed by atoms with Gasteiger partial charge < -0.3 is 30.9 Å². The number of likely N-dealkylation sites (N-methyl/N-ethyl adjacent to an activating group) is 1. The van der Waals surface area contributed by atoms with Gasteiger partial charge in [-0.3, -0.25) is 19.5 Å². The van der Waals surface area contributed by atoms with E-state index in [1.54, 1.807) is 13.0 Å². The molecule has 17 heteroatoms. The lowest BCUT2D eigenvalue weighted by Crippen LogP contribution is -2.42. The van der Waals surface area contributed by atoms with Crippen LogP contribution in [0.5, 0.6) is 0 Å². The van der Waals surface area contributed by atoms with Crippen LogP contribution in [0.4, 0.5) is 17.2 Å². The Labute approximate surface area is 245 Å². The van der Waals surface area contributed by atoms with Crippen molar-refractivity contribution in [3.05, 3.63) is 34.9 Å². The molecule has 5 N–H and O–H groups in total. The number of aliphatic hydroxyl groups is 2. The molecular formula is C26H34N10O7. The summed E-state index contributed by atoms with van der Waals surface area (Å²) in [6.07, 6.45) is 3.93. The number of hydrogen-bond acceptors (Lipinski definition) is 14. The third kappa shape index (κ3) is 6.47. The fourth-order valence-electron chi connectivity index (χ4n) is 5.08. The highest BCUT2D eigenvalue weighted by Crippen LogP contribution is 2.32. The Hall–Kier alpha value is -4.48. The second kappa shape index (κ2) is 13.7. The molecule has 0 radical (unpaired) electrons. The minimum atomic E-state index is -1.39. The zero-order chi connectivity index (χ0) is 30.3. The molecule has 0 spiro atoms. The van der Waals surface area contributed by atoms with E-state index >= 15 is 0 Å². The number of nitrogens with one attached hydrogen (secondary N) is 3. The minimum absolute atomic E-state index is 0.132. The Morgan fingerprint density at radius 2 is 1.70 bits per heavy atom. The first-order chi connectivity index (χ1) is 20.9. The molecule has 1 unspecified atom stereocenters. The second-order valence-electron chi connectivity index (χ2n) is 10.2. The van der Waals surface area contributed by atoms with Crippen LogP contribution in [0.15, 0.2) is 29.4 Å². The number of anilines is 2. The zero-order valence-corrected chi connectivity index (χ0v) is 23.5. The van der Waals surface area contributed by atoms with Crippen LogP contribution >= 0.6 is 0 Å². The molecule has 3 aromatic heterocycles. The first-order valence-electron chi connectivity index (χ1n) is 14.2. The van der Waals surface area contributed by atoms with Gasteiger partial charge in [-0.25, -0.2) is 19.6 Å². The van der Waals surface area contributed by atoms with Crippen LogP contribution in [0.2, 0.25) is 0 Å². The van der Waals surface area contributed by atoms with Crippen LogP contribution in [-0.2, 0) is 9.53 Å². The maximum atomic E-state index is 12.2. The maximum absolute atomic E-state index is 12.2. The molecule has 1 aliphatic heterocycles. The highest BCUT2D eigenvalue weighted by molar-refractivity contribution is 5.93. The number of ether oxygens (including phenoxy) is 1. The van der Waals surface area contributed by atoms with Crippen molar-refractivity contribution in [2.45, 2.75) is 70.0 Å². The Bertz CT molecular complexity index is 1560. The van der Waals surface area contributed by atoms with Gasteiger partial charge in [-0.05, 0) is 36.1 Å². The largest absolute Gasteiger partial charge is 0.387 e. The van der Waals surface area contributed by atoms with Gasteiger partial charge in [-0.15, -0.1) is 0 Å². The highest BCUT2D eigenvalue weighted by Gasteiger charge is 2.47. The zero-order valence-electron chi connectivity index (χ0n) is 23.5. The first kappa shape index (κ1) is 30.0. The Morgan fingerprint density at radius 1 is 0.977 bits per heavy atom. The van der Waals surface area contributed by atoms with Crippen molar-refractivity contribution in [1.29, 1.82) is 0 Å². The van der Waals surface area contributed by atoms with Gasteiger partial charge in [-0.1, -0.05) is 25.7 Å². The van der Waals surface area contributed by atoms with Gasteiger partial charge in [0.15, 0.2) is 34.8 Å². The molecule has 0 saturated carbocycles. The van der Waals surface area contributed by atoms with Gasteiger partial charge in [0.2, 0.25) is 5.52 Å². The molecule has 1 aromatic carbocycles. The number of amides is 1. The predicted octanol–water partition coefficient (Wildman–Crippen LogP) is 1.89. The molecule has 4 heterocycles. The summed E-state index contributed by atoms with van der Waals surface area (Å²) in [6.45, 7) is 3.51. The van der Waals surface area contributed by atoms with Crippen LogP contribution in [0.25, 0.3) is 22.2 Å². The molecule has 5 rings (SSSR count). The smallest absolute Gasteiger partial charge is 0.300 e. The summed E-state index contributed by atoms with van der Waals surface area (Å²) in [6, 6.07) is 3.01. The maximum Gasteiger partial charge on any atom is 0.300 e. The average Bonchev–Trinajstić information content (AvgIpc) is 3.72. The van der Waals surface area contributed by atoms with Gasteiger partial charge in [0, 0.05) is 25.7 Å². The van der Waals surface area contributed by atoms with Gasteiger partial charge in [0.05, 0.1) is 16.9 Å². The highest BCUT2D eigenvalue weighted by atomic mass is 16.6. The van der Waals surface area contributed by atoms with Crippen molar-refractivity contribution in [1.82, 2.24) is 35.1 Å². The topological polar surface area (TPSA) is 229 Å². The van der Waals surface area contributed by atoms with E-state index in [-0.39, 0.29) is 11.2 Å². The van der Waals surface area contributed by atoms with Crippen LogP contribution < -0.4 is 16.0 Å². The van der Waals surface area contributed by atoms with Crippen molar-refractivity contribution in [3.63, 3.8) is 0 Å². The molecule has 1 amide bonds. The summed E-state index contributed by atoms with van der Waals surface area (Å²) < 4.78 is 11.9. The van der Waals surface area contributed by atoms with Gasteiger partial charge in [0.1, 0.15) is 18.5 Å². The van der Waals surface area contributed by atoms with E-state index in [0.717, 1.165) is 38.5 Å². The van der Waals surface area contributed by atoms with Gasteiger partial charge in [0.25, 0.3) is 5.91 Å². The van der Waals surface area contributed by atoms with Crippen LogP contribution in [0.3, 0.4) is 0 Å². The van der Waals surface area contributed by atoms with Crippen LogP contribution in [0, 0.1) is 10.1 Å². The number of carbonyl (C=O) groups excluding carboxylic acids is 1. The number of aliphatic hydroxyl groups excluding tert-OH is 2. The van der Waals surface area contributed by atoms with Gasteiger partial charge >= 0.3 is 5.69 Å². The molecule has 4 aromatic rings. The van der Waals surface area contributed by atoms with E-state index in [4.69, 9.17) is 4.74 Å². The number of nitro benzene ring substituents is 1. The number of nitrogens with zero attached hydrogens (tertiary/aromatic N) is 7. The number of aromatic nitrogens is 6. The molecular weight excluding hydrogens is 564 g/mol. The monoisotopic (exact) mass is 598 g/mol. The summed E-state index contributed by atoms with van der Waals surface area (Å²) in [7, 11) is 0. The normalized spacial score (nSPS) is 20.1. The lowest BCUT2D eigenvalue weighted by molar-refractivity contribution is -0.383. The number of fused-ring (bicyclic) bond motifs is 2. The molecule has 0 bridgehead atoms. The van der Waals surface area contributed by atoms with E-state index in [9.17, 15) is 25.1 Å². The standard InChI is InChI=1S/C26H34N10O7/c1-2-27-25(39)22-20(37)21(38)26(42-22)35-14-32-19-23(30-13-31-24(19)35)29-12-8-6-4-3-5-7-11-28-15-9-10-16(36(40)41)18-17(15)33-43-34-18/h9-10,13-14,20-22,26,28,37-38H,2-8,11-12H2,1H3,(H,27,39)(H,29,30,31)/t20-,21+,22-,26?/m0/s1. The second-order valence-corrected chi connectivity index (χ2v) is 10.2. The third-order valence-electron chi connectivity index (χ3n) is 7.28. The summed E-state index contributed by atoms with van der Waals surface area (Å²) in [5.74, 6) is 0.0500. The van der Waals surface area contributed by atoms with E-state index in [1.807, 2.05) is 0 Å². The quantitative estimate of drug-likeness (QED) is 0.0748. The van der Waals surface area contributed by atoms with Crippen molar-refractivity contribution < 1.29 is 29.3 Å². The number of unbranched alkanes of at least 4 members (excludes halogenated alkanes) is 5. The number of rotatable bonds is 15. The fraction of sp³-hybridized carbons (Fsp3) is 0.538.